The molecule has 16 heteroatoms. The van der Waals surface area contributed by atoms with Gasteiger partial charge in [0.2, 0.25) is 11.8 Å². The molecular formula is C40H50F2N6O8. The van der Waals surface area contributed by atoms with Gasteiger partial charge in [-0.2, -0.15) is 0 Å². The Bertz CT molecular complexity index is 1970. The predicted molar refractivity (Wildman–Crippen MR) is 203 cm³/mol. The molecule has 6 rings (SSSR count). The molecule has 2 aromatic heterocycles. The van der Waals surface area contributed by atoms with Crippen LogP contribution in [-0.4, -0.2) is 119 Å². The molecule has 2 saturated heterocycles. The molecule has 8 atom stereocenters. The second kappa shape index (κ2) is 16.7. The molecule has 0 radical (unpaired) electrons. The molecule has 2 fully saturated rings. The smallest absolute Gasteiger partial charge is 0.302 e. The second-order valence-electron chi connectivity index (χ2n) is 14.7. The normalized spacial score (nSPS) is 22.0. The third kappa shape index (κ3) is 8.01. The second-order valence-corrected chi connectivity index (χ2v) is 14.7. The summed E-state index contributed by atoms with van der Waals surface area (Å²) < 4.78 is 51.9. The van der Waals surface area contributed by atoms with Crippen LogP contribution >= 0.6 is 0 Å². The Labute approximate surface area is 323 Å². The quantitative estimate of drug-likeness (QED) is 0.146. The average molecular weight is 781 g/mol. The molecule has 0 aliphatic carbocycles. The van der Waals surface area contributed by atoms with Crippen LogP contribution in [-0.2, 0) is 51.0 Å². The molecule has 56 heavy (non-hydrogen) atoms. The maximum absolute atomic E-state index is 14.8. The molecular weight excluding hydrogens is 730 g/mol. The van der Waals surface area contributed by atoms with Gasteiger partial charge in [-0.3, -0.25) is 19.2 Å². The van der Waals surface area contributed by atoms with Crippen LogP contribution in [0.2, 0.25) is 0 Å². The van der Waals surface area contributed by atoms with Crippen molar-refractivity contribution >= 4 is 45.6 Å². The zero-order valence-electron chi connectivity index (χ0n) is 32.4. The Morgan fingerprint density at radius 1 is 0.714 bits per heavy atom. The Morgan fingerprint density at radius 2 is 1.09 bits per heavy atom. The predicted octanol–water partition coefficient (Wildman–Crippen LogP) is 3.47. The molecule has 6 N–H and O–H groups in total. The number of carbonyl (C=O) groups excluding carboxylic acids is 4. The number of methoxy groups -OCH3 is 2. The molecule has 14 nitrogen and oxygen atoms in total. The Hall–Kier alpha value is -4.90. The van der Waals surface area contributed by atoms with Gasteiger partial charge < -0.3 is 50.2 Å². The number of H-pyrrole nitrogens is 2. The fraction of sp³-hybridized carbons (Fsp3) is 0.500. The van der Waals surface area contributed by atoms with Crippen LogP contribution in [0.25, 0.3) is 33.2 Å². The highest BCUT2D eigenvalue weighted by Gasteiger charge is 2.44. The van der Waals surface area contributed by atoms with Gasteiger partial charge >= 0.3 is 11.9 Å². The van der Waals surface area contributed by atoms with Crippen LogP contribution < -0.4 is 11.5 Å². The van der Waals surface area contributed by atoms with Gasteiger partial charge in [-0.15, -0.1) is 0 Å². The minimum atomic E-state index is -0.993. The molecule has 2 amide bonds. The lowest BCUT2D eigenvalue weighted by molar-refractivity contribution is -0.150. The van der Waals surface area contributed by atoms with Crippen LogP contribution in [0.5, 0.6) is 0 Å². The van der Waals surface area contributed by atoms with E-state index in [0.717, 1.165) is 0 Å². The average Bonchev–Trinajstić information content (AvgIpc) is 3.93. The molecule has 4 aromatic rings. The maximum Gasteiger partial charge on any atom is 0.302 e. The third-order valence-corrected chi connectivity index (χ3v) is 11.3. The Morgan fingerprint density at radius 3 is 1.43 bits per heavy atom. The number of hydrogen-bond donors (Lipinski definition) is 4. The minimum Gasteiger partial charge on any atom is -0.460 e. The number of halogens is 2. The van der Waals surface area contributed by atoms with Crippen molar-refractivity contribution in [2.75, 3.05) is 27.3 Å². The van der Waals surface area contributed by atoms with E-state index < -0.39 is 72.2 Å². The molecule has 2 aliphatic rings. The van der Waals surface area contributed by atoms with Gasteiger partial charge in [0.25, 0.3) is 0 Å². The number of hydrogen-bond acceptors (Lipinski definition) is 10. The minimum absolute atomic E-state index is 0.149. The number of amides is 2. The van der Waals surface area contributed by atoms with Gasteiger partial charge in [0.1, 0.15) is 35.9 Å². The largest absolute Gasteiger partial charge is 0.460 e. The van der Waals surface area contributed by atoms with E-state index in [1.807, 2.05) is 0 Å². The van der Waals surface area contributed by atoms with E-state index >= 15 is 0 Å². The summed E-state index contributed by atoms with van der Waals surface area (Å²) in [6, 6.07) is 5.31. The number of aromatic nitrogens is 2. The van der Waals surface area contributed by atoms with Crippen LogP contribution in [0.1, 0.15) is 51.7 Å². The number of benzene rings is 2. The first-order valence-electron chi connectivity index (χ1n) is 18.8. The summed E-state index contributed by atoms with van der Waals surface area (Å²) in [5, 5.41) is 1.28. The lowest BCUT2D eigenvalue weighted by Gasteiger charge is -2.32. The number of likely N-dealkylation sites (tertiary alicyclic amines) is 2. The van der Waals surface area contributed by atoms with Crippen LogP contribution in [0, 0.1) is 11.6 Å². The summed E-state index contributed by atoms with van der Waals surface area (Å²) in [6.45, 7) is 6.53. The van der Waals surface area contributed by atoms with Crippen molar-refractivity contribution in [3.63, 3.8) is 0 Å². The molecule has 2 aliphatic heterocycles. The number of rotatable bonds is 13. The van der Waals surface area contributed by atoms with E-state index in [1.165, 1.54) is 52.3 Å². The van der Waals surface area contributed by atoms with Crippen molar-refractivity contribution in [2.24, 2.45) is 11.5 Å². The Kier molecular flexibility index (Phi) is 12.1. The number of nitrogens with zero attached hydrogens (tertiary/aromatic N) is 2. The van der Waals surface area contributed by atoms with Gasteiger partial charge in [0.05, 0.1) is 35.7 Å². The molecule has 302 valence electrons. The number of fused-ring (bicyclic) bond motifs is 2. The summed E-state index contributed by atoms with van der Waals surface area (Å²) in [5.41, 5.74) is 15.9. The summed E-state index contributed by atoms with van der Waals surface area (Å²) in [7, 11) is 2.93. The summed E-state index contributed by atoms with van der Waals surface area (Å²) in [5.74, 6) is -2.76. The van der Waals surface area contributed by atoms with Crippen LogP contribution in [0.15, 0.2) is 36.4 Å². The van der Waals surface area contributed by atoms with E-state index in [4.69, 9.17) is 30.4 Å². The SMILES string of the molecule is COC(C)C(N)C(=O)N1CC[C@H](OC(C)=O)[C@H]1Cc1c(-c2[nH]c3cc(F)ccc3c2CC2[C@@H](OC(C)=O)CCN2C(=O)[C@@H](N)[C@@H](C)OC)[nH]c2cc(F)ccc12. The van der Waals surface area contributed by atoms with Crippen molar-refractivity contribution in [3.8, 4) is 11.4 Å². The molecule has 0 bridgehead atoms. The van der Waals surface area contributed by atoms with Crippen LogP contribution in [0.4, 0.5) is 8.78 Å². The maximum atomic E-state index is 14.8. The number of ether oxygens (including phenoxy) is 4. The highest BCUT2D eigenvalue weighted by Crippen LogP contribution is 2.40. The summed E-state index contributed by atoms with van der Waals surface area (Å²) >= 11 is 0. The van der Waals surface area contributed by atoms with Crippen molar-refractivity contribution in [1.29, 1.82) is 0 Å². The number of carbonyl (C=O) groups is 4. The molecule has 2 aromatic carbocycles. The van der Waals surface area contributed by atoms with Crippen molar-refractivity contribution in [3.05, 3.63) is 59.2 Å². The van der Waals surface area contributed by atoms with Crippen LogP contribution in [0.3, 0.4) is 0 Å². The summed E-state index contributed by atoms with van der Waals surface area (Å²) in [6.07, 6.45) is -1.54. The highest BCUT2D eigenvalue weighted by atomic mass is 19.1. The zero-order valence-corrected chi connectivity index (χ0v) is 32.4. The van der Waals surface area contributed by atoms with E-state index in [1.54, 1.807) is 35.8 Å². The van der Waals surface area contributed by atoms with E-state index in [0.29, 0.717) is 57.2 Å². The number of esters is 2. The lowest BCUT2D eigenvalue weighted by Crippen LogP contribution is -2.53. The van der Waals surface area contributed by atoms with Gasteiger partial charge in [-0.25, -0.2) is 8.78 Å². The fourth-order valence-electron chi connectivity index (χ4n) is 8.18. The lowest BCUT2D eigenvalue weighted by atomic mass is 9.93. The first-order chi connectivity index (χ1) is 26.6. The highest BCUT2D eigenvalue weighted by molar-refractivity contribution is 5.96. The van der Waals surface area contributed by atoms with Gasteiger partial charge in [0, 0.05) is 75.8 Å². The molecule has 3 unspecified atom stereocenters. The van der Waals surface area contributed by atoms with E-state index in [-0.39, 0.29) is 37.7 Å². The topological polar surface area (TPSA) is 195 Å². The fourth-order valence-corrected chi connectivity index (χ4v) is 8.18. The first-order valence-corrected chi connectivity index (χ1v) is 18.8. The van der Waals surface area contributed by atoms with Crippen molar-refractivity contribution < 1.29 is 46.9 Å². The number of nitrogens with two attached hydrogens (primary N) is 2. The van der Waals surface area contributed by atoms with E-state index in [2.05, 4.69) is 9.97 Å². The molecule has 0 spiro atoms. The zero-order chi connectivity index (χ0) is 40.6. The summed E-state index contributed by atoms with van der Waals surface area (Å²) in [4.78, 5) is 62.4. The van der Waals surface area contributed by atoms with Gasteiger partial charge in [-0.1, -0.05) is 0 Å². The third-order valence-electron chi connectivity index (χ3n) is 11.3. The van der Waals surface area contributed by atoms with Gasteiger partial charge in [0.15, 0.2) is 0 Å². The standard InChI is InChI=1S/C40H50F2N6O8/c1-19(53-5)35(43)39(51)47-13-11-33(55-21(3)49)31(47)17-27-25-9-7-23(41)15-29(25)45-37(27)38-28(26-10-8-24(42)16-30(26)46-38)18-32-34(56-22(4)50)12-14-48(32)40(52)36(44)20(2)54-6/h7-10,15-16,19-20,31-36,45-46H,11-14,17-18,43-44H2,1-6H3/t19-,20?,31?,32-,33+,34+,35+,36?/m1/s1. The first kappa shape index (κ1) is 40.8. The van der Waals surface area contributed by atoms with E-state index in [9.17, 15) is 28.0 Å². The number of nitrogens with one attached hydrogen (secondary N) is 2. The van der Waals surface area contributed by atoms with Gasteiger partial charge in [-0.05, 0) is 74.2 Å². The number of aromatic amines is 2. The van der Waals surface area contributed by atoms with Crippen molar-refractivity contribution in [2.45, 2.75) is 102 Å². The van der Waals surface area contributed by atoms with Crippen molar-refractivity contribution in [1.82, 2.24) is 19.8 Å². The Balaban J connectivity index is 1.51. The molecule has 0 saturated carbocycles. The monoisotopic (exact) mass is 780 g/mol. The molecule has 4 heterocycles.